The Hall–Kier alpha value is -1.13. The summed E-state index contributed by atoms with van der Waals surface area (Å²) in [5.74, 6) is -0.870. The van der Waals surface area contributed by atoms with Crippen molar-refractivity contribution in [3.8, 4) is 10.4 Å². The zero-order chi connectivity index (χ0) is 11.7. The van der Waals surface area contributed by atoms with Gasteiger partial charge in [0.25, 0.3) is 0 Å². The Morgan fingerprint density at radius 3 is 2.62 bits per heavy atom. The van der Waals surface area contributed by atoms with Crippen molar-refractivity contribution in [1.29, 1.82) is 0 Å². The lowest BCUT2D eigenvalue weighted by Gasteiger charge is -2.01. The number of carboxylic acid groups (broad SMARTS) is 1. The second-order valence-electron chi connectivity index (χ2n) is 3.43. The number of halogens is 1. The van der Waals surface area contributed by atoms with E-state index in [1.165, 1.54) is 11.3 Å². The van der Waals surface area contributed by atoms with Crippen LogP contribution in [0, 0.1) is 6.92 Å². The molecule has 1 aromatic heterocycles. The fraction of sp³-hybridized carbons (Fsp3) is 0.0833. The number of thiophene rings is 1. The van der Waals surface area contributed by atoms with Crippen molar-refractivity contribution in [2.24, 2.45) is 0 Å². The highest BCUT2D eigenvalue weighted by Crippen LogP contribution is 2.30. The van der Waals surface area contributed by atoms with Gasteiger partial charge in [0.1, 0.15) is 4.88 Å². The average molecular weight is 297 g/mol. The van der Waals surface area contributed by atoms with Crippen molar-refractivity contribution in [3.63, 3.8) is 0 Å². The predicted octanol–water partition coefficient (Wildman–Crippen LogP) is 4.18. The highest BCUT2D eigenvalue weighted by atomic mass is 79.9. The molecule has 0 aliphatic heterocycles. The molecule has 1 heterocycles. The number of benzene rings is 1. The zero-order valence-electron chi connectivity index (χ0n) is 8.53. The van der Waals surface area contributed by atoms with E-state index in [0.717, 1.165) is 20.5 Å². The van der Waals surface area contributed by atoms with Crippen molar-refractivity contribution >= 4 is 33.2 Å². The third-order valence-electron chi connectivity index (χ3n) is 2.26. The molecule has 0 amide bonds. The van der Waals surface area contributed by atoms with E-state index in [2.05, 4.69) is 15.9 Å². The molecule has 2 rings (SSSR count). The Morgan fingerprint density at radius 2 is 2.06 bits per heavy atom. The second-order valence-corrected chi connectivity index (χ2v) is 5.37. The first-order valence-corrected chi connectivity index (χ1v) is 6.28. The third kappa shape index (κ3) is 2.18. The fourth-order valence-corrected chi connectivity index (χ4v) is 2.49. The molecule has 4 heteroatoms. The summed E-state index contributed by atoms with van der Waals surface area (Å²) in [6.45, 7) is 2.01. The maximum Gasteiger partial charge on any atom is 0.345 e. The van der Waals surface area contributed by atoms with E-state index in [9.17, 15) is 4.79 Å². The van der Waals surface area contributed by atoms with Crippen LogP contribution in [0.4, 0.5) is 0 Å². The van der Waals surface area contributed by atoms with Crippen LogP contribution in [0.3, 0.4) is 0 Å². The Morgan fingerprint density at radius 1 is 1.31 bits per heavy atom. The number of aryl methyl sites for hydroxylation is 1. The smallest absolute Gasteiger partial charge is 0.345 e. The van der Waals surface area contributed by atoms with Gasteiger partial charge in [0.15, 0.2) is 0 Å². The minimum absolute atomic E-state index is 0.371. The number of rotatable bonds is 2. The standard InChI is InChI=1S/C12H9BrO2S/c1-7-6-8(2-3-9(7)13)10-4-5-11(16-10)12(14)15/h2-6H,1H3,(H,14,15). The van der Waals surface area contributed by atoms with Gasteiger partial charge in [-0.3, -0.25) is 0 Å². The van der Waals surface area contributed by atoms with Crippen LogP contribution in [-0.2, 0) is 0 Å². The quantitative estimate of drug-likeness (QED) is 0.902. The van der Waals surface area contributed by atoms with Crippen LogP contribution < -0.4 is 0 Å². The lowest BCUT2D eigenvalue weighted by Crippen LogP contribution is -1.89. The summed E-state index contributed by atoms with van der Waals surface area (Å²) in [4.78, 5) is 12.1. The molecule has 0 atom stereocenters. The summed E-state index contributed by atoms with van der Waals surface area (Å²) in [7, 11) is 0. The van der Waals surface area contributed by atoms with Crippen molar-refractivity contribution in [2.45, 2.75) is 6.92 Å². The molecule has 0 aliphatic carbocycles. The van der Waals surface area contributed by atoms with E-state index in [-0.39, 0.29) is 0 Å². The number of aromatic carboxylic acids is 1. The summed E-state index contributed by atoms with van der Waals surface area (Å²) < 4.78 is 1.06. The molecule has 0 unspecified atom stereocenters. The first-order chi connectivity index (χ1) is 7.58. The molecule has 2 nitrogen and oxygen atoms in total. The monoisotopic (exact) mass is 296 g/mol. The minimum atomic E-state index is -0.870. The Balaban J connectivity index is 2.42. The van der Waals surface area contributed by atoms with Gasteiger partial charge < -0.3 is 5.11 Å². The van der Waals surface area contributed by atoms with Crippen LogP contribution in [0.15, 0.2) is 34.8 Å². The predicted molar refractivity (Wildman–Crippen MR) is 69.2 cm³/mol. The number of hydrogen-bond donors (Lipinski definition) is 1. The third-order valence-corrected chi connectivity index (χ3v) is 4.27. The normalized spacial score (nSPS) is 10.4. The highest BCUT2D eigenvalue weighted by molar-refractivity contribution is 9.10. The summed E-state index contributed by atoms with van der Waals surface area (Å²) in [5, 5.41) is 8.85. The molecule has 0 saturated heterocycles. The van der Waals surface area contributed by atoms with E-state index in [4.69, 9.17) is 5.11 Å². The first kappa shape index (κ1) is 11.4. The Labute approximate surface area is 106 Å². The van der Waals surface area contributed by atoms with Gasteiger partial charge in [-0.1, -0.05) is 22.0 Å². The number of carbonyl (C=O) groups is 1. The lowest BCUT2D eigenvalue weighted by molar-refractivity contribution is 0.0702. The van der Waals surface area contributed by atoms with Crippen LogP contribution >= 0.6 is 27.3 Å². The summed E-state index contributed by atoms with van der Waals surface area (Å²) in [6, 6.07) is 9.48. The number of carboxylic acids is 1. The molecule has 0 aliphatic rings. The topological polar surface area (TPSA) is 37.3 Å². The molecular weight excluding hydrogens is 288 g/mol. The molecule has 16 heavy (non-hydrogen) atoms. The molecule has 1 N–H and O–H groups in total. The van der Waals surface area contributed by atoms with Gasteiger partial charge >= 0.3 is 5.97 Å². The van der Waals surface area contributed by atoms with Crippen LogP contribution in [0.2, 0.25) is 0 Å². The Kier molecular flexibility index (Phi) is 3.12. The van der Waals surface area contributed by atoms with E-state index in [1.54, 1.807) is 6.07 Å². The maximum atomic E-state index is 10.8. The highest BCUT2D eigenvalue weighted by Gasteiger charge is 2.08. The fourth-order valence-electron chi connectivity index (χ4n) is 1.41. The van der Waals surface area contributed by atoms with Crippen molar-refractivity contribution in [1.82, 2.24) is 0 Å². The van der Waals surface area contributed by atoms with Gasteiger partial charge in [0, 0.05) is 9.35 Å². The van der Waals surface area contributed by atoms with E-state index >= 15 is 0 Å². The van der Waals surface area contributed by atoms with Crippen LogP contribution in [0.1, 0.15) is 15.2 Å². The lowest BCUT2D eigenvalue weighted by atomic mass is 10.1. The van der Waals surface area contributed by atoms with Crippen molar-refractivity contribution in [2.75, 3.05) is 0 Å². The van der Waals surface area contributed by atoms with Gasteiger partial charge in [-0.05, 0) is 42.3 Å². The molecule has 0 spiro atoms. The summed E-state index contributed by atoms with van der Waals surface area (Å²) in [5.41, 5.74) is 2.20. The van der Waals surface area contributed by atoms with Gasteiger partial charge in [-0.2, -0.15) is 0 Å². The minimum Gasteiger partial charge on any atom is -0.477 e. The van der Waals surface area contributed by atoms with Gasteiger partial charge in [-0.25, -0.2) is 4.79 Å². The van der Waals surface area contributed by atoms with E-state index in [0.29, 0.717) is 4.88 Å². The van der Waals surface area contributed by atoms with Crippen LogP contribution in [0.25, 0.3) is 10.4 Å². The van der Waals surface area contributed by atoms with Gasteiger partial charge in [0.2, 0.25) is 0 Å². The van der Waals surface area contributed by atoms with Crippen molar-refractivity contribution in [3.05, 3.63) is 45.2 Å². The summed E-state index contributed by atoms with van der Waals surface area (Å²) >= 11 is 4.73. The van der Waals surface area contributed by atoms with E-state index in [1.807, 2.05) is 31.2 Å². The molecule has 1 aromatic carbocycles. The maximum absolute atomic E-state index is 10.8. The number of hydrogen-bond acceptors (Lipinski definition) is 2. The molecule has 0 fully saturated rings. The zero-order valence-corrected chi connectivity index (χ0v) is 10.9. The van der Waals surface area contributed by atoms with Crippen molar-refractivity contribution < 1.29 is 9.90 Å². The molecule has 0 radical (unpaired) electrons. The first-order valence-electron chi connectivity index (χ1n) is 4.67. The van der Waals surface area contributed by atoms with Gasteiger partial charge in [0.05, 0.1) is 0 Å². The summed E-state index contributed by atoms with van der Waals surface area (Å²) in [6.07, 6.45) is 0. The molecule has 0 saturated carbocycles. The molecule has 2 aromatic rings. The second kappa shape index (κ2) is 4.39. The molecule has 0 bridgehead atoms. The van der Waals surface area contributed by atoms with E-state index < -0.39 is 5.97 Å². The largest absolute Gasteiger partial charge is 0.477 e. The van der Waals surface area contributed by atoms with Crippen LogP contribution in [0.5, 0.6) is 0 Å². The Bertz CT molecular complexity index is 546. The molecular formula is C12H9BrO2S. The average Bonchev–Trinajstić information content (AvgIpc) is 2.71. The van der Waals surface area contributed by atoms with Gasteiger partial charge in [-0.15, -0.1) is 11.3 Å². The van der Waals surface area contributed by atoms with Crippen LogP contribution in [-0.4, -0.2) is 11.1 Å². The molecule has 82 valence electrons. The SMILES string of the molecule is Cc1cc(-c2ccc(C(=O)O)s2)ccc1Br.